The van der Waals surface area contributed by atoms with Crippen molar-refractivity contribution in [3.05, 3.63) is 29.3 Å². The second kappa shape index (κ2) is 6.39. The number of hydrogen-bond acceptors (Lipinski definition) is 2. The Morgan fingerprint density at radius 3 is 2.95 bits per heavy atom. The quantitative estimate of drug-likeness (QED) is 0.896. The molecule has 0 aromatic heterocycles. The number of fused-ring (bicyclic) bond motifs is 1. The summed E-state index contributed by atoms with van der Waals surface area (Å²) in [6.45, 7) is 4.40. The minimum absolute atomic E-state index is 0.118. The van der Waals surface area contributed by atoms with Crippen LogP contribution in [-0.2, 0) is 6.42 Å². The number of benzene rings is 1. The lowest BCUT2D eigenvalue weighted by Gasteiger charge is -2.34. The van der Waals surface area contributed by atoms with Crippen LogP contribution >= 0.6 is 0 Å². The molecule has 0 amide bonds. The van der Waals surface area contributed by atoms with Crippen molar-refractivity contribution >= 4 is 0 Å². The molecule has 4 atom stereocenters. The largest absolute Gasteiger partial charge is 0.490 e. The average Bonchev–Trinajstić information content (AvgIpc) is 2.84. The molecular formula is C19H28O2. The highest BCUT2D eigenvalue weighted by Crippen LogP contribution is 2.38. The molecule has 1 aliphatic heterocycles. The standard InChI is InChI=1S/C19H28O2/c1-3-4-14-6-7-18(20)15(10-14)11-17-12-16-9-13(2)5-8-19(16)21-17/h5,8-9,14-15,17-18,20H,3-4,6-7,10-12H2,1-2H3. The first-order valence-corrected chi connectivity index (χ1v) is 8.60. The second-order valence-corrected chi connectivity index (χ2v) is 7.09. The lowest BCUT2D eigenvalue weighted by Crippen LogP contribution is -2.33. The number of ether oxygens (including phenoxy) is 1. The molecule has 1 fully saturated rings. The molecule has 4 unspecified atom stereocenters. The van der Waals surface area contributed by atoms with Crippen molar-refractivity contribution in [2.75, 3.05) is 0 Å². The van der Waals surface area contributed by atoms with E-state index in [1.54, 1.807) is 0 Å². The number of aryl methyl sites for hydroxylation is 1. The van der Waals surface area contributed by atoms with Crippen LogP contribution in [0.15, 0.2) is 18.2 Å². The summed E-state index contributed by atoms with van der Waals surface area (Å²) in [6.07, 6.45) is 8.11. The Bertz CT molecular complexity index is 482. The summed E-state index contributed by atoms with van der Waals surface area (Å²) in [7, 11) is 0. The van der Waals surface area contributed by atoms with Gasteiger partial charge in [-0.25, -0.2) is 0 Å². The van der Waals surface area contributed by atoms with Gasteiger partial charge in [0.2, 0.25) is 0 Å². The van der Waals surface area contributed by atoms with Gasteiger partial charge in [0.15, 0.2) is 0 Å². The lowest BCUT2D eigenvalue weighted by atomic mass is 9.75. The molecule has 1 N–H and O–H groups in total. The van der Waals surface area contributed by atoms with E-state index < -0.39 is 0 Å². The third-order valence-electron chi connectivity index (χ3n) is 5.27. The van der Waals surface area contributed by atoms with Gasteiger partial charge in [0, 0.05) is 6.42 Å². The molecule has 21 heavy (non-hydrogen) atoms. The van der Waals surface area contributed by atoms with Gasteiger partial charge in [0.1, 0.15) is 11.9 Å². The number of aliphatic hydroxyl groups excluding tert-OH is 1. The third kappa shape index (κ3) is 3.42. The maximum Gasteiger partial charge on any atom is 0.123 e. The predicted octanol–water partition coefficient (Wildman–Crippen LogP) is 4.27. The van der Waals surface area contributed by atoms with Gasteiger partial charge in [-0.15, -0.1) is 0 Å². The maximum atomic E-state index is 10.3. The SMILES string of the molecule is CCCC1CCC(O)C(CC2Cc3cc(C)ccc3O2)C1. The van der Waals surface area contributed by atoms with E-state index in [2.05, 4.69) is 32.0 Å². The van der Waals surface area contributed by atoms with Crippen molar-refractivity contribution in [1.29, 1.82) is 0 Å². The van der Waals surface area contributed by atoms with Crippen LogP contribution in [-0.4, -0.2) is 17.3 Å². The Morgan fingerprint density at radius 1 is 1.29 bits per heavy atom. The molecule has 2 heteroatoms. The Hall–Kier alpha value is -1.02. The Balaban J connectivity index is 1.59. The zero-order chi connectivity index (χ0) is 14.8. The molecule has 1 aromatic rings. The van der Waals surface area contributed by atoms with Crippen molar-refractivity contribution in [3.63, 3.8) is 0 Å². The summed E-state index contributed by atoms with van der Waals surface area (Å²) in [6, 6.07) is 6.46. The van der Waals surface area contributed by atoms with Gasteiger partial charge in [-0.3, -0.25) is 0 Å². The Morgan fingerprint density at radius 2 is 2.14 bits per heavy atom. The van der Waals surface area contributed by atoms with Gasteiger partial charge in [-0.05, 0) is 56.1 Å². The van der Waals surface area contributed by atoms with Crippen LogP contribution in [0.25, 0.3) is 0 Å². The molecule has 0 bridgehead atoms. The summed E-state index contributed by atoms with van der Waals surface area (Å²) >= 11 is 0. The highest BCUT2D eigenvalue weighted by Gasteiger charge is 2.33. The highest BCUT2D eigenvalue weighted by molar-refractivity contribution is 5.40. The van der Waals surface area contributed by atoms with E-state index in [9.17, 15) is 5.11 Å². The normalized spacial score (nSPS) is 31.8. The lowest BCUT2D eigenvalue weighted by molar-refractivity contribution is 0.0238. The molecule has 116 valence electrons. The van der Waals surface area contributed by atoms with E-state index in [4.69, 9.17) is 4.74 Å². The zero-order valence-electron chi connectivity index (χ0n) is 13.3. The number of hydrogen-bond donors (Lipinski definition) is 1. The molecular weight excluding hydrogens is 260 g/mol. The van der Waals surface area contributed by atoms with E-state index in [-0.39, 0.29) is 12.2 Å². The Kier molecular flexibility index (Phi) is 4.54. The Labute approximate surface area is 128 Å². The van der Waals surface area contributed by atoms with Crippen LogP contribution in [0.2, 0.25) is 0 Å². The fraction of sp³-hybridized carbons (Fsp3) is 0.684. The van der Waals surface area contributed by atoms with Crippen LogP contribution in [0.5, 0.6) is 5.75 Å². The van der Waals surface area contributed by atoms with E-state index in [1.807, 2.05) is 0 Å². The number of rotatable bonds is 4. The van der Waals surface area contributed by atoms with Gasteiger partial charge in [0.05, 0.1) is 6.10 Å². The van der Waals surface area contributed by atoms with E-state index in [1.165, 1.54) is 36.8 Å². The molecule has 0 saturated heterocycles. The molecule has 0 spiro atoms. The fourth-order valence-electron chi connectivity index (χ4n) is 4.19. The molecule has 1 aromatic carbocycles. The van der Waals surface area contributed by atoms with Crippen molar-refractivity contribution in [1.82, 2.24) is 0 Å². The monoisotopic (exact) mass is 288 g/mol. The highest BCUT2D eigenvalue weighted by atomic mass is 16.5. The number of aliphatic hydroxyl groups is 1. The van der Waals surface area contributed by atoms with Crippen LogP contribution in [0, 0.1) is 18.8 Å². The van der Waals surface area contributed by atoms with Crippen molar-refractivity contribution in [2.45, 2.75) is 71.0 Å². The smallest absolute Gasteiger partial charge is 0.123 e. The molecule has 1 aliphatic carbocycles. The summed E-state index contributed by atoms with van der Waals surface area (Å²) in [4.78, 5) is 0. The minimum atomic E-state index is -0.118. The van der Waals surface area contributed by atoms with Crippen LogP contribution in [0.4, 0.5) is 0 Å². The van der Waals surface area contributed by atoms with E-state index in [0.717, 1.165) is 30.9 Å². The van der Waals surface area contributed by atoms with Gasteiger partial charge < -0.3 is 9.84 Å². The summed E-state index contributed by atoms with van der Waals surface area (Å²) < 4.78 is 6.10. The zero-order valence-corrected chi connectivity index (χ0v) is 13.3. The molecule has 2 aliphatic rings. The van der Waals surface area contributed by atoms with Crippen LogP contribution in [0.3, 0.4) is 0 Å². The first-order valence-electron chi connectivity index (χ1n) is 8.60. The molecule has 3 rings (SSSR count). The van der Waals surface area contributed by atoms with E-state index in [0.29, 0.717) is 5.92 Å². The van der Waals surface area contributed by atoms with Crippen molar-refractivity contribution in [3.8, 4) is 5.75 Å². The van der Waals surface area contributed by atoms with Crippen molar-refractivity contribution < 1.29 is 9.84 Å². The van der Waals surface area contributed by atoms with Gasteiger partial charge in [-0.1, -0.05) is 37.5 Å². The summed E-state index contributed by atoms with van der Waals surface area (Å²) in [5.41, 5.74) is 2.65. The minimum Gasteiger partial charge on any atom is -0.490 e. The predicted molar refractivity (Wildman–Crippen MR) is 85.7 cm³/mol. The molecule has 1 saturated carbocycles. The average molecular weight is 288 g/mol. The van der Waals surface area contributed by atoms with Crippen molar-refractivity contribution in [2.24, 2.45) is 11.8 Å². The second-order valence-electron chi connectivity index (χ2n) is 7.09. The topological polar surface area (TPSA) is 29.5 Å². The van der Waals surface area contributed by atoms with Gasteiger partial charge in [0.25, 0.3) is 0 Å². The van der Waals surface area contributed by atoms with Gasteiger partial charge in [-0.2, -0.15) is 0 Å². The summed E-state index contributed by atoms with van der Waals surface area (Å²) in [5, 5.41) is 10.3. The van der Waals surface area contributed by atoms with Gasteiger partial charge >= 0.3 is 0 Å². The molecule has 1 heterocycles. The first kappa shape index (κ1) is 14.9. The van der Waals surface area contributed by atoms with Crippen LogP contribution < -0.4 is 4.74 Å². The molecule has 0 radical (unpaired) electrons. The van der Waals surface area contributed by atoms with Crippen LogP contribution in [0.1, 0.15) is 56.6 Å². The first-order chi connectivity index (χ1) is 10.2. The fourth-order valence-corrected chi connectivity index (χ4v) is 4.19. The van der Waals surface area contributed by atoms with E-state index >= 15 is 0 Å². The molecule has 2 nitrogen and oxygen atoms in total. The maximum absolute atomic E-state index is 10.3. The summed E-state index contributed by atoms with van der Waals surface area (Å²) in [5.74, 6) is 2.30. The third-order valence-corrected chi connectivity index (χ3v) is 5.27.